The molecule has 0 saturated carbocycles. The predicted molar refractivity (Wildman–Crippen MR) is 93.6 cm³/mol. The number of hydrogen-bond donors (Lipinski definition) is 1. The Labute approximate surface area is 143 Å². The molecule has 1 aliphatic rings. The van der Waals surface area contributed by atoms with Gasteiger partial charge in [-0.1, -0.05) is 32.9 Å². The highest BCUT2D eigenvalue weighted by Gasteiger charge is 2.29. The summed E-state index contributed by atoms with van der Waals surface area (Å²) in [5.41, 5.74) is 3.09. The third-order valence-corrected chi connectivity index (χ3v) is 4.59. The van der Waals surface area contributed by atoms with Crippen LogP contribution < -0.4 is 0 Å². The van der Waals surface area contributed by atoms with E-state index in [2.05, 4.69) is 47.0 Å². The number of aliphatic hydroxyl groups excluding tert-OH is 1. The van der Waals surface area contributed by atoms with Crippen molar-refractivity contribution < 1.29 is 9.74 Å². The SMILES string of the molecule is CC(C)(C)CN1CCN(Cc2cccc3nonc23)C[C@@H]1CCO. The molecule has 1 aromatic carbocycles. The second-order valence-corrected chi connectivity index (χ2v) is 7.98. The largest absolute Gasteiger partial charge is 0.396 e. The highest BCUT2D eigenvalue weighted by atomic mass is 16.6. The Morgan fingerprint density at radius 2 is 2.08 bits per heavy atom. The summed E-state index contributed by atoms with van der Waals surface area (Å²) in [5.74, 6) is 0. The van der Waals surface area contributed by atoms with Crippen LogP contribution in [0.1, 0.15) is 32.8 Å². The summed E-state index contributed by atoms with van der Waals surface area (Å²) in [6.45, 7) is 12.0. The van der Waals surface area contributed by atoms with Gasteiger partial charge in [-0.3, -0.25) is 9.80 Å². The zero-order valence-corrected chi connectivity index (χ0v) is 14.9. The van der Waals surface area contributed by atoms with Crippen molar-refractivity contribution in [2.24, 2.45) is 5.41 Å². The molecule has 0 bridgehead atoms. The van der Waals surface area contributed by atoms with Crippen LogP contribution in [0.25, 0.3) is 11.0 Å². The van der Waals surface area contributed by atoms with Gasteiger partial charge in [0.15, 0.2) is 0 Å². The number of hydrogen-bond acceptors (Lipinski definition) is 6. The summed E-state index contributed by atoms with van der Waals surface area (Å²) in [4.78, 5) is 4.98. The van der Waals surface area contributed by atoms with Gasteiger partial charge in [0.25, 0.3) is 0 Å². The molecule has 132 valence electrons. The molecular formula is C18H28N4O2. The lowest BCUT2D eigenvalue weighted by atomic mass is 9.94. The molecule has 1 fully saturated rings. The van der Waals surface area contributed by atoms with Gasteiger partial charge in [0, 0.05) is 45.4 Å². The average Bonchev–Trinajstić information content (AvgIpc) is 2.98. The van der Waals surface area contributed by atoms with E-state index in [-0.39, 0.29) is 12.0 Å². The van der Waals surface area contributed by atoms with Crippen LogP contribution in [0.4, 0.5) is 0 Å². The number of benzene rings is 1. The Hall–Kier alpha value is -1.50. The quantitative estimate of drug-likeness (QED) is 0.905. The molecule has 6 heteroatoms. The minimum Gasteiger partial charge on any atom is -0.396 e. The highest BCUT2D eigenvalue weighted by molar-refractivity contribution is 5.76. The first-order valence-corrected chi connectivity index (χ1v) is 8.74. The summed E-state index contributed by atoms with van der Waals surface area (Å²) in [7, 11) is 0. The second-order valence-electron chi connectivity index (χ2n) is 7.98. The van der Waals surface area contributed by atoms with E-state index in [1.807, 2.05) is 12.1 Å². The van der Waals surface area contributed by atoms with Crippen molar-refractivity contribution in [3.8, 4) is 0 Å². The molecule has 6 nitrogen and oxygen atoms in total. The molecule has 0 aliphatic carbocycles. The molecule has 2 aromatic rings. The molecule has 3 rings (SSSR count). The Morgan fingerprint density at radius 1 is 1.25 bits per heavy atom. The molecule has 1 aromatic heterocycles. The Kier molecular flexibility index (Phi) is 5.18. The van der Waals surface area contributed by atoms with Crippen LogP contribution >= 0.6 is 0 Å². The number of fused-ring (bicyclic) bond motifs is 1. The first kappa shape index (κ1) is 17.3. The van der Waals surface area contributed by atoms with Crippen LogP contribution in [0, 0.1) is 5.41 Å². The third-order valence-electron chi connectivity index (χ3n) is 4.59. The summed E-state index contributed by atoms with van der Waals surface area (Å²) in [5, 5.41) is 17.4. The number of nitrogens with zero attached hydrogens (tertiary/aromatic N) is 4. The fourth-order valence-corrected chi connectivity index (χ4v) is 3.57. The predicted octanol–water partition coefficient (Wildman–Crippen LogP) is 2.14. The van der Waals surface area contributed by atoms with Gasteiger partial charge in [-0.2, -0.15) is 0 Å². The lowest BCUT2D eigenvalue weighted by molar-refractivity contribution is 0.0341. The highest BCUT2D eigenvalue weighted by Crippen LogP contribution is 2.23. The normalized spacial score (nSPS) is 20.8. The van der Waals surface area contributed by atoms with Crippen LogP contribution in [0.2, 0.25) is 0 Å². The van der Waals surface area contributed by atoms with Crippen LogP contribution in [0.3, 0.4) is 0 Å². The zero-order chi connectivity index (χ0) is 17.2. The van der Waals surface area contributed by atoms with E-state index < -0.39 is 0 Å². The van der Waals surface area contributed by atoms with Gasteiger partial charge in [0.05, 0.1) is 0 Å². The van der Waals surface area contributed by atoms with Crippen molar-refractivity contribution in [3.63, 3.8) is 0 Å². The summed E-state index contributed by atoms with van der Waals surface area (Å²) in [6, 6.07) is 6.42. The lowest BCUT2D eigenvalue weighted by Gasteiger charge is -2.44. The maximum Gasteiger partial charge on any atom is 0.139 e. The minimum atomic E-state index is 0.238. The van der Waals surface area contributed by atoms with Crippen LogP contribution in [-0.2, 0) is 6.54 Å². The van der Waals surface area contributed by atoms with Gasteiger partial charge in [-0.05, 0) is 33.8 Å². The Balaban J connectivity index is 1.69. The Bertz CT molecular complexity index is 664. The third kappa shape index (κ3) is 4.12. The number of aromatic nitrogens is 2. The lowest BCUT2D eigenvalue weighted by Crippen LogP contribution is -2.54. The molecule has 1 aliphatic heterocycles. The zero-order valence-electron chi connectivity index (χ0n) is 14.9. The molecule has 1 N–H and O–H groups in total. The molecule has 1 saturated heterocycles. The van der Waals surface area contributed by atoms with Gasteiger partial charge in [-0.15, -0.1) is 0 Å². The van der Waals surface area contributed by atoms with Crippen molar-refractivity contribution >= 4 is 11.0 Å². The average molecular weight is 332 g/mol. The second kappa shape index (κ2) is 7.17. The first-order valence-electron chi connectivity index (χ1n) is 8.74. The van der Waals surface area contributed by atoms with Crippen LogP contribution in [0.15, 0.2) is 22.8 Å². The summed E-state index contributed by atoms with van der Waals surface area (Å²) < 4.78 is 4.87. The smallest absolute Gasteiger partial charge is 0.139 e. The molecule has 0 radical (unpaired) electrons. The summed E-state index contributed by atoms with van der Waals surface area (Å²) in [6.07, 6.45) is 0.822. The molecule has 0 unspecified atom stereocenters. The van der Waals surface area contributed by atoms with Crippen molar-refractivity contribution in [2.75, 3.05) is 32.8 Å². The van der Waals surface area contributed by atoms with E-state index in [0.29, 0.717) is 6.04 Å². The van der Waals surface area contributed by atoms with Gasteiger partial charge in [-0.25, -0.2) is 4.63 Å². The van der Waals surface area contributed by atoms with Crippen LogP contribution in [0.5, 0.6) is 0 Å². The van der Waals surface area contributed by atoms with E-state index in [4.69, 9.17) is 4.63 Å². The van der Waals surface area contributed by atoms with Crippen LogP contribution in [-0.4, -0.2) is 64.0 Å². The fraction of sp³-hybridized carbons (Fsp3) is 0.667. The number of aliphatic hydroxyl groups is 1. The molecule has 2 heterocycles. The molecule has 24 heavy (non-hydrogen) atoms. The standard InChI is InChI=1S/C18H28N4O2/c1-18(2,3)13-22-9-8-21(12-15(22)7-10-23)11-14-5-4-6-16-17(14)20-24-19-16/h4-6,15,23H,7-13H2,1-3H3/t15-/m0/s1. The minimum absolute atomic E-state index is 0.238. The maximum absolute atomic E-state index is 9.45. The van der Waals surface area contributed by atoms with Gasteiger partial charge in [0.1, 0.15) is 11.0 Å². The van der Waals surface area contributed by atoms with E-state index in [1.54, 1.807) is 0 Å². The fourth-order valence-electron chi connectivity index (χ4n) is 3.57. The number of piperazine rings is 1. The topological polar surface area (TPSA) is 65.6 Å². The van der Waals surface area contributed by atoms with Crippen molar-refractivity contribution in [1.29, 1.82) is 0 Å². The van der Waals surface area contributed by atoms with Gasteiger partial charge >= 0.3 is 0 Å². The Morgan fingerprint density at radius 3 is 2.83 bits per heavy atom. The molecule has 0 amide bonds. The van der Waals surface area contributed by atoms with E-state index in [1.165, 1.54) is 0 Å². The van der Waals surface area contributed by atoms with Crippen molar-refractivity contribution in [2.45, 2.75) is 39.8 Å². The van der Waals surface area contributed by atoms with E-state index in [0.717, 1.165) is 55.7 Å². The molecule has 0 spiro atoms. The molecular weight excluding hydrogens is 304 g/mol. The van der Waals surface area contributed by atoms with E-state index >= 15 is 0 Å². The summed E-state index contributed by atoms with van der Waals surface area (Å²) >= 11 is 0. The van der Waals surface area contributed by atoms with E-state index in [9.17, 15) is 5.11 Å². The van der Waals surface area contributed by atoms with Gasteiger partial charge in [0.2, 0.25) is 0 Å². The first-order chi connectivity index (χ1) is 11.5. The number of rotatable bonds is 5. The maximum atomic E-state index is 9.45. The van der Waals surface area contributed by atoms with Gasteiger partial charge < -0.3 is 5.11 Å². The molecule has 1 atom stereocenters. The van der Waals surface area contributed by atoms with Crippen molar-refractivity contribution in [1.82, 2.24) is 20.1 Å². The monoisotopic (exact) mass is 332 g/mol. The van der Waals surface area contributed by atoms with Crippen molar-refractivity contribution in [3.05, 3.63) is 23.8 Å².